The topological polar surface area (TPSA) is 58.9 Å². The van der Waals surface area contributed by atoms with E-state index in [9.17, 15) is 0 Å². The molecule has 6 nitrogen and oxygen atoms in total. The van der Waals surface area contributed by atoms with E-state index in [1.807, 2.05) is 45.4 Å². The SMILES string of the molecule is CCc1nc(N(C)C)nc(NCc2cnn(C)c2)c1Cl. The molecule has 0 saturated carbocycles. The molecule has 0 aromatic carbocycles. The summed E-state index contributed by atoms with van der Waals surface area (Å²) in [5, 5.41) is 7.97. The van der Waals surface area contributed by atoms with Crippen molar-refractivity contribution in [1.29, 1.82) is 0 Å². The van der Waals surface area contributed by atoms with E-state index in [2.05, 4.69) is 20.4 Å². The largest absolute Gasteiger partial charge is 0.364 e. The van der Waals surface area contributed by atoms with Gasteiger partial charge in [0.1, 0.15) is 5.02 Å². The van der Waals surface area contributed by atoms with E-state index >= 15 is 0 Å². The Kier molecular flexibility index (Phi) is 4.44. The molecule has 108 valence electrons. The van der Waals surface area contributed by atoms with Gasteiger partial charge in [-0.15, -0.1) is 0 Å². The van der Waals surface area contributed by atoms with Crippen molar-refractivity contribution in [2.75, 3.05) is 24.3 Å². The molecule has 0 aliphatic heterocycles. The van der Waals surface area contributed by atoms with Gasteiger partial charge in [0, 0.05) is 39.4 Å². The Morgan fingerprint density at radius 2 is 2.10 bits per heavy atom. The highest BCUT2D eigenvalue weighted by Crippen LogP contribution is 2.26. The van der Waals surface area contributed by atoms with E-state index in [1.54, 1.807) is 4.68 Å². The summed E-state index contributed by atoms with van der Waals surface area (Å²) >= 11 is 6.33. The Morgan fingerprint density at radius 3 is 2.65 bits per heavy atom. The van der Waals surface area contributed by atoms with Gasteiger partial charge in [-0.3, -0.25) is 4.68 Å². The second-order valence-corrected chi connectivity index (χ2v) is 5.13. The predicted octanol–water partition coefficient (Wildman–Crippen LogP) is 2.10. The third kappa shape index (κ3) is 3.19. The highest BCUT2D eigenvalue weighted by Gasteiger charge is 2.12. The molecule has 0 fully saturated rings. The molecule has 20 heavy (non-hydrogen) atoms. The van der Waals surface area contributed by atoms with E-state index < -0.39 is 0 Å². The molecule has 0 unspecified atom stereocenters. The third-order valence-electron chi connectivity index (χ3n) is 2.86. The number of aromatic nitrogens is 4. The number of aryl methyl sites for hydroxylation is 2. The van der Waals surface area contributed by atoms with Crippen LogP contribution in [0.15, 0.2) is 12.4 Å². The maximum absolute atomic E-state index is 6.33. The second kappa shape index (κ2) is 6.09. The van der Waals surface area contributed by atoms with Crippen LogP contribution in [0.1, 0.15) is 18.2 Å². The van der Waals surface area contributed by atoms with Crippen molar-refractivity contribution in [1.82, 2.24) is 19.7 Å². The number of halogens is 1. The van der Waals surface area contributed by atoms with E-state index in [1.165, 1.54) is 0 Å². The van der Waals surface area contributed by atoms with Gasteiger partial charge in [-0.05, 0) is 6.42 Å². The lowest BCUT2D eigenvalue weighted by atomic mass is 10.3. The Morgan fingerprint density at radius 1 is 1.35 bits per heavy atom. The Balaban J connectivity index is 2.23. The lowest BCUT2D eigenvalue weighted by molar-refractivity contribution is 0.767. The lowest BCUT2D eigenvalue weighted by Crippen LogP contribution is -2.15. The standard InChI is InChI=1S/C13H19ClN6/c1-5-10-11(14)12(18-13(17-10)19(2)3)15-6-9-7-16-20(4)8-9/h7-8H,5-6H2,1-4H3,(H,15,17,18). The fourth-order valence-electron chi connectivity index (χ4n) is 1.78. The normalized spacial score (nSPS) is 10.7. The van der Waals surface area contributed by atoms with Crippen molar-refractivity contribution in [2.24, 2.45) is 7.05 Å². The van der Waals surface area contributed by atoms with Gasteiger partial charge in [-0.2, -0.15) is 10.1 Å². The minimum atomic E-state index is 0.585. The number of anilines is 2. The summed E-state index contributed by atoms with van der Waals surface area (Å²) in [6, 6.07) is 0. The molecule has 0 radical (unpaired) electrons. The van der Waals surface area contributed by atoms with Crippen LogP contribution in [0.2, 0.25) is 5.02 Å². The van der Waals surface area contributed by atoms with Crippen LogP contribution >= 0.6 is 11.6 Å². The Bertz CT molecular complexity index is 593. The number of nitrogens with one attached hydrogen (secondary N) is 1. The van der Waals surface area contributed by atoms with Crippen molar-refractivity contribution in [3.8, 4) is 0 Å². The van der Waals surface area contributed by atoms with Gasteiger partial charge < -0.3 is 10.2 Å². The van der Waals surface area contributed by atoms with Crippen LogP contribution < -0.4 is 10.2 Å². The van der Waals surface area contributed by atoms with E-state index in [0.29, 0.717) is 23.3 Å². The lowest BCUT2D eigenvalue weighted by Gasteiger charge is -2.15. The summed E-state index contributed by atoms with van der Waals surface area (Å²) in [6.07, 6.45) is 4.54. The molecule has 0 aliphatic rings. The van der Waals surface area contributed by atoms with Crippen molar-refractivity contribution in [3.63, 3.8) is 0 Å². The Labute approximate surface area is 123 Å². The molecule has 0 amide bonds. The number of hydrogen-bond acceptors (Lipinski definition) is 5. The molecule has 1 N–H and O–H groups in total. The molecular formula is C13H19ClN6. The minimum absolute atomic E-state index is 0.585. The molecule has 0 bridgehead atoms. The van der Waals surface area contributed by atoms with Gasteiger partial charge >= 0.3 is 0 Å². The molecule has 2 rings (SSSR count). The summed E-state index contributed by atoms with van der Waals surface area (Å²) in [5.74, 6) is 1.31. The van der Waals surface area contributed by atoms with Gasteiger partial charge in [-0.25, -0.2) is 4.98 Å². The quantitative estimate of drug-likeness (QED) is 0.915. The van der Waals surface area contributed by atoms with E-state index in [-0.39, 0.29) is 0 Å². The molecule has 0 spiro atoms. The fourth-order valence-corrected chi connectivity index (χ4v) is 2.07. The molecule has 7 heteroatoms. The van der Waals surface area contributed by atoms with Gasteiger partial charge in [0.2, 0.25) is 5.95 Å². The maximum Gasteiger partial charge on any atom is 0.227 e. The molecular weight excluding hydrogens is 276 g/mol. The first-order chi connectivity index (χ1) is 9.51. The van der Waals surface area contributed by atoms with Crippen molar-refractivity contribution in [3.05, 3.63) is 28.7 Å². The first kappa shape index (κ1) is 14.6. The summed E-state index contributed by atoms with van der Waals surface area (Å²) < 4.78 is 1.77. The molecule has 0 atom stereocenters. The van der Waals surface area contributed by atoms with Gasteiger partial charge in [0.15, 0.2) is 5.82 Å². The molecule has 0 saturated heterocycles. The van der Waals surface area contributed by atoms with Crippen molar-refractivity contribution < 1.29 is 0 Å². The average Bonchev–Trinajstić information content (AvgIpc) is 2.83. The van der Waals surface area contributed by atoms with Crippen LogP contribution in [-0.2, 0) is 20.0 Å². The summed E-state index contributed by atoms with van der Waals surface area (Å²) in [6.45, 7) is 2.65. The highest BCUT2D eigenvalue weighted by atomic mass is 35.5. The van der Waals surface area contributed by atoms with Crippen LogP contribution in [0.5, 0.6) is 0 Å². The van der Waals surface area contributed by atoms with Crippen LogP contribution in [0, 0.1) is 0 Å². The monoisotopic (exact) mass is 294 g/mol. The van der Waals surface area contributed by atoms with Crippen LogP contribution in [0.25, 0.3) is 0 Å². The van der Waals surface area contributed by atoms with Crippen LogP contribution in [0.4, 0.5) is 11.8 Å². The molecule has 2 aromatic rings. The molecule has 2 heterocycles. The summed E-state index contributed by atoms with van der Waals surface area (Å²) in [4.78, 5) is 10.7. The zero-order valence-electron chi connectivity index (χ0n) is 12.2. The Hall–Kier alpha value is -1.82. The van der Waals surface area contributed by atoms with Crippen molar-refractivity contribution >= 4 is 23.4 Å². The van der Waals surface area contributed by atoms with Gasteiger partial charge in [0.25, 0.3) is 0 Å². The third-order valence-corrected chi connectivity index (χ3v) is 3.26. The van der Waals surface area contributed by atoms with Crippen LogP contribution in [0.3, 0.4) is 0 Å². The smallest absolute Gasteiger partial charge is 0.227 e. The zero-order chi connectivity index (χ0) is 14.7. The highest BCUT2D eigenvalue weighted by molar-refractivity contribution is 6.33. The number of rotatable bonds is 5. The maximum atomic E-state index is 6.33. The average molecular weight is 295 g/mol. The zero-order valence-corrected chi connectivity index (χ0v) is 12.9. The fraction of sp³-hybridized carbons (Fsp3) is 0.462. The summed E-state index contributed by atoms with van der Waals surface area (Å²) in [5.41, 5.74) is 1.92. The first-order valence-electron chi connectivity index (χ1n) is 6.46. The predicted molar refractivity (Wildman–Crippen MR) is 81.3 cm³/mol. The second-order valence-electron chi connectivity index (χ2n) is 4.76. The van der Waals surface area contributed by atoms with E-state index in [4.69, 9.17) is 11.6 Å². The number of nitrogens with zero attached hydrogens (tertiary/aromatic N) is 5. The molecule has 2 aromatic heterocycles. The number of hydrogen-bond donors (Lipinski definition) is 1. The van der Waals surface area contributed by atoms with Crippen molar-refractivity contribution in [2.45, 2.75) is 19.9 Å². The van der Waals surface area contributed by atoms with Gasteiger partial charge in [0.05, 0.1) is 11.9 Å². The minimum Gasteiger partial charge on any atom is -0.364 e. The van der Waals surface area contributed by atoms with Gasteiger partial charge in [-0.1, -0.05) is 18.5 Å². The first-order valence-corrected chi connectivity index (χ1v) is 6.84. The molecule has 0 aliphatic carbocycles. The van der Waals surface area contributed by atoms with Crippen LogP contribution in [-0.4, -0.2) is 33.8 Å². The van der Waals surface area contributed by atoms with E-state index in [0.717, 1.165) is 17.7 Å². The summed E-state index contributed by atoms with van der Waals surface area (Å²) in [7, 11) is 5.71.